The Balaban J connectivity index is 1.25. The van der Waals surface area contributed by atoms with Gasteiger partial charge in [-0.25, -0.2) is 9.37 Å². The molecule has 2 aliphatic carbocycles. The fourth-order valence-electron chi connectivity index (χ4n) is 3.56. The molecule has 0 saturated heterocycles. The van der Waals surface area contributed by atoms with E-state index in [4.69, 9.17) is 10.00 Å². The second-order valence-corrected chi connectivity index (χ2v) is 9.57. The van der Waals surface area contributed by atoms with Crippen molar-refractivity contribution in [3.05, 3.63) is 64.5 Å². The third kappa shape index (κ3) is 4.54. The molecule has 9 heteroatoms. The number of amides is 1. The van der Waals surface area contributed by atoms with Crippen LogP contribution < -0.4 is 10.1 Å². The number of aromatic nitrogens is 2. The molecule has 2 fully saturated rings. The highest BCUT2D eigenvalue weighted by atomic mass is 32.1. The van der Waals surface area contributed by atoms with E-state index >= 15 is 0 Å². The normalized spacial score (nSPS) is 16.9. The van der Waals surface area contributed by atoms with Gasteiger partial charge < -0.3 is 10.1 Å². The molecule has 3 aromatic rings. The van der Waals surface area contributed by atoms with E-state index in [-0.39, 0.29) is 23.4 Å². The first-order valence-electron chi connectivity index (χ1n) is 11.0. The Morgan fingerprint density at radius 1 is 1.26 bits per heavy atom. The molecule has 2 aromatic heterocycles. The Labute approximate surface area is 199 Å². The third-order valence-corrected chi connectivity index (χ3v) is 6.95. The fourth-order valence-corrected chi connectivity index (χ4v) is 4.29. The zero-order chi connectivity index (χ0) is 23.9. The van der Waals surface area contributed by atoms with Gasteiger partial charge in [0.2, 0.25) is 0 Å². The number of hydrogen-bond donors (Lipinski definition) is 1. The summed E-state index contributed by atoms with van der Waals surface area (Å²) in [5, 5.41) is 11.7. The number of ketones is 1. The zero-order valence-electron chi connectivity index (χ0n) is 18.4. The van der Waals surface area contributed by atoms with Crippen LogP contribution in [-0.4, -0.2) is 26.6 Å². The van der Waals surface area contributed by atoms with Crippen molar-refractivity contribution in [3.8, 4) is 23.1 Å². The summed E-state index contributed by atoms with van der Waals surface area (Å²) in [7, 11) is 0. The number of pyridine rings is 1. The average molecular weight is 477 g/mol. The van der Waals surface area contributed by atoms with Crippen molar-refractivity contribution in [3.63, 3.8) is 0 Å². The second kappa shape index (κ2) is 8.61. The van der Waals surface area contributed by atoms with Crippen LogP contribution in [0.3, 0.4) is 0 Å². The number of carbonyl (C=O) groups is 2. The molecule has 2 saturated carbocycles. The number of nitriles is 1. The number of nitrogens with zero attached hydrogens (tertiary/aromatic N) is 3. The highest BCUT2D eigenvalue weighted by Crippen LogP contribution is 2.35. The van der Waals surface area contributed by atoms with Crippen LogP contribution in [0.4, 0.5) is 4.39 Å². The van der Waals surface area contributed by atoms with E-state index in [1.54, 1.807) is 24.4 Å². The molecular formula is C25H21FN4O3S. The molecule has 0 spiro atoms. The van der Waals surface area contributed by atoms with Gasteiger partial charge in [0.15, 0.2) is 5.78 Å². The van der Waals surface area contributed by atoms with Crippen LogP contribution in [-0.2, 0) is 0 Å². The molecule has 2 aliphatic rings. The quantitative estimate of drug-likeness (QED) is 0.466. The predicted molar refractivity (Wildman–Crippen MR) is 123 cm³/mol. The number of benzene rings is 1. The van der Waals surface area contributed by atoms with E-state index in [2.05, 4.69) is 20.7 Å². The van der Waals surface area contributed by atoms with Gasteiger partial charge in [0.25, 0.3) is 5.91 Å². The summed E-state index contributed by atoms with van der Waals surface area (Å²) in [5.74, 6) is -0.520. The molecule has 1 aromatic carbocycles. The van der Waals surface area contributed by atoms with Crippen LogP contribution in [0.5, 0.6) is 5.75 Å². The molecule has 1 atom stereocenters. The highest BCUT2D eigenvalue weighted by molar-refractivity contribution is 7.06. The van der Waals surface area contributed by atoms with Gasteiger partial charge in [-0.2, -0.15) is 9.64 Å². The predicted octanol–water partition coefficient (Wildman–Crippen LogP) is 4.86. The fraction of sp³-hybridized carbons (Fsp3) is 0.320. The zero-order valence-corrected chi connectivity index (χ0v) is 19.2. The maximum atomic E-state index is 14.7. The molecular weight excluding hydrogens is 455 g/mol. The number of ether oxygens (including phenoxy) is 1. The maximum absolute atomic E-state index is 14.7. The van der Waals surface area contributed by atoms with Gasteiger partial charge in [0, 0.05) is 11.5 Å². The third-order valence-electron chi connectivity index (χ3n) is 6.01. The number of carbonyl (C=O) groups excluding carboxylic acids is 2. The van der Waals surface area contributed by atoms with Crippen LogP contribution in [0, 0.1) is 23.1 Å². The summed E-state index contributed by atoms with van der Waals surface area (Å²) in [4.78, 5) is 29.5. The van der Waals surface area contributed by atoms with E-state index in [0.717, 1.165) is 17.7 Å². The first kappa shape index (κ1) is 22.2. The smallest absolute Gasteiger partial charge is 0.255 e. The largest absolute Gasteiger partial charge is 0.484 e. The lowest BCUT2D eigenvalue weighted by molar-refractivity contribution is 0.0935. The van der Waals surface area contributed by atoms with Gasteiger partial charge in [-0.05, 0) is 74.5 Å². The van der Waals surface area contributed by atoms with Gasteiger partial charge in [-0.15, -0.1) is 0 Å². The summed E-state index contributed by atoms with van der Waals surface area (Å²) in [6.07, 6.45) is 4.25. The molecule has 5 rings (SSSR count). The summed E-state index contributed by atoms with van der Waals surface area (Å²) in [6, 6.07) is 11.6. The maximum Gasteiger partial charge on any atom is 0.255 e. The van der Waals surface area contributed by atoms with Gasteiger partial charge in [-0.1, -0.05) is 6.07 Å². The van der Waals surface area contributed by atoms with E-state index in [1.807, 2.05) is 13.0 Å². The number of halogens is 1. The Bertz CT molecular complexity index is 1310. The lowest BCUT2D eigenvalue weighted by Crippen LogP contribution is -2.36. The molecule has 7 nitrogen and oxygen atoms in total. The van der Waals surface area contributed by atoms with Crippen molar-refractivity contribution in [2.75, 3.05) is 0 Å². The topological polar surface area (TPSA) is 105 Å². The van der Waals surface area contributed by atoms with Crippen LogP contribution in [0.1, 0.15) is 64.4 Å². The molecule has 1 N–H and O–H groups in total. The Hall–Kier alpha value is -3.64. The minimum atomic E-state index is -0.856. The summed E-state index contributed by atoms with van der Waals surface area (Å²) in [5.41, 5.74) is 0.607. The number of hydrogen-bond acceptors (Lipinski definition) is 7. The van der Waals surface area contributed by atoms with E-state index in [9.17, 15) is 14.0 Å². The molecule has 1 amide bonds. The number of Topliss-reactive ketones (excluding diaryl/α,β-unsaturated/α-hetero) is 1. The molecule has 172 valence electrons. The minimum absolute atomic E-state index is 0.0829. The van der Waals surface area contributed by atoms with E-state index in [1.165, 1.54) is 23.7 Å². The lowest BCUT2D eigenvalue weighted by Gasteiger charge is -2.12. The number of nitrogens with one attached hydrogen (secondary N) is 1. The summed E-state index contributed by atoms with van der Waals surface area (Å²) < 4.78 is 25.0. The minimum Gasteiger partial charge on any atom is -0.484 e. The summed E-state index contributed by atoms with van der Waals surface area (Å²) >= 11 is 1.24. The highest BCUT2D eigenvalue weighted by Gasteiger charge is 2.45. The molecule has 34 heavy (non-hydrogen) atoms. The van der Waals surface area contributed by atoms with Crippen LogP contribution in [0.15, 0.2) is 42.6 Å². The molecule has 2 heterocycles. The Kier molecular flexibility index (Phi) is 5.62. The Morgan fingerprint density at radius 2 is 2.06 bits per heavy atom. The van der Waals surface area contributed by atoms with Crippen molar-refractivity contribution < 1.29 is 18.7 Å². The van der Waals surface area contributed by atoms with Gasteiger partial charge in [-0.3, -0.25) is 9.59 Å². The van der Waals surface area contributed by atoms with Crippen molar-refractivity contribution in [1.82, 2.24) is 14.7 Å². The van der Waals surface area contributed by atoms with E-state index in [0.29, 0.717) is 35.5 Å². The van der Waals surface area contributed by atoms with Crippen LogP contribution >= 0.6 is 11.5 Å². The molecule has 0 aliphatic heterocycles. The monoisotopic (exact) mass is 476 g/mol. The lowest BCUT2D eigenvalue weighted by atomic mass is 10.1. The first-order chi connectivity index (χ1) is 16.4. The van der Waals surface area contributed by atoms with Crippen LogP contribution in [0.2, 0.25) is 0 Å². The van der Waals surface area contributed by atoms with Gasteiger partial charge in [0.1, 0.15) is 28.9 Å². The van der Waals surface area contributed by atoms with E-state index < -0.39 is 17.3 Å². The van der Waals surface area contributed by atoms with Crippen molar-refractivity contribution in [1.29, 1.82) is 5.26 Å². The first-order valence-corrected chi connectivity index (χ1v) is 11.8. The number of rotatable bonds is 8. The van der Waals surface area contributed by atoms with Gasteiger partial charge in [0.05, 0.1) is 28.4 Å². The van der Waals surface area contributed by atoms with Gasteiger partial charge >= 0.3 is 0 Å². The molecule has 0 radical (unpaired) electrons. The van der Waals surface area contributed by atoms with Crippen molar-refractivity contribution in [2.24, 2.45) is 5.92 Å². The Morgan fingerprint density at radius 3 is 2.68 bits per heavy atom. The molecule has 0 unspecified atom stereocenters. The van der Waals surface area contributed by atoms with Crippen molar-refractivity contribution >= 4 is 23.2 Å². The van der Waals surface area contributed by atoms with Crippen molar-refractivity contribution in [2.45, 2.75) is 44.2 Å². The molecule has 0 bridgehead atoms. The second-order valence-electron chi connectivity index (χ2n) is 8.73. The SMILES string of the molecule is C[C@@H](Oc1ccc(C(=O)C2CC2)nc1)c1cc(-c2ccc(C(=O)NC3(C#N)CC3)c(F)c2)ns1. The van der Waals surface area contributed by atoms with Crippen LogP contribution in [0.25, 0.3) is 11.3 Å². The average Bonchev–Trinajstić information content (AvgIpc) is 3.77. The summed E-state index contributed by atoms with van der Waals surface area (Å²) in [6.45, 7) is 1.87. The standard InChI is InChI=1S/C25H21FN4O3S/c1-14(33-17-5-7-20(28-12-17)23(31)15-2-3-15)22-11-21(30-34-22)16-4-6-18(19(26)10-16)24(32)29-25(13-27)8-9-25/h4-7,10-12,14-15H,2-3,8-9H2,1H3,(H,29,32)/t14-/m1/s1.